The molecule has 1 heterocycles. The fraction of sp³-hybridized carbons (Fsp3) is 0.545. The number of hydrogen-bond acceptors (Lipinski definition) is 4. The van der Waals surface area contributed by atoms with Gasteiger partial charge in [-0.3, -0.25) is 10.1 Å². The van der Waals surface area contributed by atoms with Gasteiger partial charge in [-0.05, 0) is 33.8 Å². The van der Waals surface area contributed by atoms with Crippen molar-refractivity contribution in [3.05, 3.63) is 17.4 Å². The second-order valence-electron chi connectivity index (χ2n) is 5.00. The van der Waals surface area contributed by atoms with E-state index in [2.05, 4.69) is 15.3 Å². The van der Waals surface area contributed by atoms with Gasteiger partial charge in [0, 0.05) is 11.7 Å². The Morgan fingerprint density at radius 2 is 2.00 bits per heavy atom. The van der Waals surface area contributed by atoms with Crippen LogP contribution in [0.4, 0.5) is 5.95 Å². The summed E-state index contributed by atoms with van der Waals surface area (Å²) in [4.78, 5) is 19.9. The molecule has 94 valence electrons. The van der Waals surface area contributed by atoms with Crippen molar-refractivity contribution in [2.24, 2.45) is 11.1 Å². The van der Waals surface area contributed by atoms with E-state index in [4.69, 9.17) is 17.3 Å². The van der Waals surface area contributed by atoms with E-state index in [1.807, 2.05) is 0 Å². The van der Waals surface area contributed by atoms with Gasteiger partial charge in [0.05, 0.1) is 5.41 Å². The Labute approximate surface area is 106 Å². The minimum absolute atomic E-state index is 0.180. The number of hydrogen-bond donors (Lipinski definition) is 2. The van der Waals surface area contributed by atoms with Crippen molar-refractivity contribution in [3.63, 3.8) is 0 Å². The molecular weight excluding hydrogens is 240 g/mol. The molecule has 17 heavy (non-hydrogen) atoms. The van der Waals surface area contributed by atoms with E-state index in [1.165, 1.54) is 12.3 Å². The highest BCUT2D eigenvalue weighted by molar-refractivity contribution is 6.29. The average Bonchev–Trinajstić information content (AvgIpc) is 2.15. The molecule has 0 unspecified atom stereocenters. The van der Waals surface area contributed by atoms with E-state index in [9.17, 15) is 4.79 Å². The van der Waals surface area contributed by atoms with E-state index in [0.29, 0.717) is 0 Å². The Bertz CT molecular complexity index is 426. The molecule has 0 radical (unpaired) electrons. The van der Waals surface area contributed by atoms with Gasteiger partial charge in [0.25, 0.3) is 0 Å². The third kappa shape index (κ3) is 3.14. The van der Waals surface area contributed by atoms with Crippen LogP contribution >= 0.6 is 11.6 Å². The number of anilines is 1. The molecule has 0 spiro atoms. The van der Waals surface area contributed by atoms with Crippen molar-refractivity contribution < 1.29 is 4.79 Å². The lowest BCUT2D eigenvalue weighted by Crippen LogP contribution is -2.53. The van der Waals surface area contributed by atoms with Crippen LogP contribution < -0.4 is 11.1 Å². The zero-order valence-corrected chi connectivity index (χ0v) is 11.2. The number of amides is 1. The van der Waals surface area contributed by atoms with E-state index >= 15 is 0 Å². The lowest BCUT2D eigenvalue weighted by atomic mass is 9.74. The van der Waals surface area contributed by atoms with Gasteiger partial charge in [0.15, 0.2) is 0 Å². The minimum Gasteiger partial charge on any atom is -0.325 e. The van der Waals surface area contributed by atoms with Crippen molar-refractivity contribution in [3.8, 4) is 0 Å². The highest BCUT2D eigenvalue weighted by atomic mass is 35.5. The first kappa shape index (κ1) is 13.9. The van der Waals surface area contributed by atoms with E-state index < -0.39 is 11.0 Å². The smallest absolute Gasteiger partial charge is 0.234 e. The molecule has 6 heteroatoms. The number of nitrogens with two attached hydrogens (primary N) is 1. The van der Waals surface area contributed by atoms with Crippen molar-refractivity contribution in [1.29, 1.82) is 0 Å². The highest BCUT2D eigenvalue weighted by Crippen LogP contribution is 2.29. The van der Waals surface area contributed by atoms with Crippen molar-refractivity contribution >= 4 is 23.5 Å². The summed E-state index contributed by atoms with van der Waals surface area (Å²) < 4.78 is 0. The third-order valence-corrected chi connectivity index (χ3v) is 3.24. The molecule has 1 aromatic heterocycles. The zero-order valence-electron chi connectivity index (χ0n) is 10.4. The zero-order chi connectivity index (χ0) is 13.3. The molecule has 1 amide bonds. The maximum absolute atomic E-state index is 12.1. The molecule has 0 saturated carbocycles. The summed E-state index contributed by atoms with van der Waals surface area (Å²) in [6, 6.07) is 1.54. The first-order valence-electron chi connectivity index (χ1n) is 5.23. The van der Waals surface area contributed by atoms with Gasteiger partial charge < -0.3 is 5.73 Å². The summed E-state index contributed by atoms with van der Waals surface area (Å²) in [6.45, 7) is 7.14. The molecule has 5 nitrogen and oxygen atoms in total. The number of nitrogens with zero attached hydrogens (tertiary/aromatic N) is 2. The molecule has 0 atom stereocenters. The molecule has 0 aromatic carbocycles. The minimum atomic E-state index is -0.751. The molecule has 0 saturated heterocycles. The highest BCUT2D eigenvalue weighted by Gasteiger charge is 2.40. The number of halogens is 1. The van der Waals surface area contributed by atoms with Crippen LogP contribution in [0, 0.1) is 5.41 Å². The Kier molecular flexibility index (Phi) is 3.74. The van der Waals surface area contributed by atoms with Gasteiger partial charge in [0.1, 0.15) is 5.15 Å². The number of aromatic nitrogens is 2. The topological polar surface area (TPSA) is 80.9 Å². The van der Waals surface area contributed by atoms with Crippen LogP contribution in [0.15, 0.2) is 12.3 Å². The first-order chi connectivity index (χ1) is 7.64. The quantitative estimate of drug-likeness (QED) is 0.809. The van der Waals surface area contributed by atoms with E-state index in [-0.39, 0.29) is 17.0 Å². The summed E-state index contributed by atoms with van der Waals surface area (Å²) in [5.74, 6) is -0.0629. The summed E-state index contributed by atoms with van der Waals surface area (Å²) in [5, 5.41) is 2.88. The van der Waals surface area contributed by atoms with Crippen LogP contribution in [0.3, 0.4) is 0 Å². The predicted molar refractivity (Wildman–Crippen MR) is 67.7 cm³/mol. The van der Waals surface area contributed by atoms with Crippen LogP contribution in [-0.4, -0.2) is 21.4 Å². The lowest BCUT2D eigenvalue weighted by molar-refractivity contribution is -0.126. The van der Waals surface area contributed by atoms with Crippen LogP contribution in [-0.2, 0) is 4.79 Å². The lowest BCUT2D eigenvalue weighted by Gasteiger charge is -2.36. The van der Waals surface area contributed by atoms with Gasteiger partial charge in [-0.1, -0.05) is 11.6 Å². The molecule has 0 aliphatic rings. The van der Waals surface area contributed by atoms with Crippen LogP contribution in [0.1, 0.15) is 27.7 Å². The average molecular weight is 257 g/mol. The van der Waals surface area contributed by atoms with Crippen LogP contribution in [0.25, 0.3) is 0 Å². The third-order valence-electron chi connectivity index (χ3n) is 3.03. The van der Waals surface area contributed by atoms with Gasteiger partial charge >= 0.3 is 0 Å². The molecule has 0 fully saturated rings. The largest absolute Gasteiger partial charge is 0.325 e. The second-order valence-corrected chi connectivity index (χ2v) is 5.39. The van der Waals surface area contributed by atoms with Crippen LogP contribution in [0.5, 0.6) is 0 Å². The first-order valence-corrected chi connectivity index (χ1v) is 5.61. The normalized spacial score (nSPS) is 12.4. The van der Waals surface area contributed by atoms with E-state index in [0.717, 1.165) is 0 Å². The molecule has 0 aliphatic heterocycles. The van der Waals surface area contributed by atoms with Gasteiger partial charge in [0.2, 0.25) is 11.9 Å². The molecule has 3 N–H and O–H groups in total. The molecule has 1 rings (SSSR count). The molecule has 0 bridgehead atoms. The monoisotopic (exact) mass is 256 g/mol. The molecule has 1 aromatic rings. The van der Waals surface area contributed by atoms with Gasteiger partial charge in [-0.15, -0.1) is 0 Å². The Hall–Kier alpha value is -1.20. The predicted octanol–water partition coefficient (Wildman–Crippen LogP) is 1.83. The summed E-state index contributed by atoms with van der Waals surface area (Å²) in [5.41, 5.74) is 4.56. The van der Waals surface area contributed by atoms with E-state index in [1.54, 1.807) is 27.7 Å². The SMILES string of the molecule is CC(C)(N)C(C)(C)C(=O)Nc1nccc(Cl)n1. The Morgan fingerprint density at radius 3 is 2.47 bits per heavy atom. The number of carbonyl (C=O) groups excluding carboxylic acids is 1. The summed E-state index contributed by atoms with van der Waals surface area (Å²) in [6.07, 6.45) is 1.48. The second kappa shape index (κ2) is 4.58. The Morgan fingerprint density at radius 1 is 1.41 bits per heavy atom. The van der Waals surface area contributed by atoms with Crippen molar-refractivity contribution in [1.82, 2.24) is 9.97 Å². The number of carbonyl (C=O) groups is 1. The standard InChI is InChI=1S/C11H17ClN4O/c1-10(2,11(3,4)13)8(17)16-9-14-6-5-7(12)15-9/h5-6H,13H2,1-4H3,(H,14,15,16,17). The van der Waals surface area contributed by atoms with Crippen LogP contribution in [0.2, 0.25) is 5.15 Å². The fourth-order valence-electron chi connectivity index (χ4n) is 0.947. The number of nitrogens with one attached hydrogen (secondary N) is 1. The van der Waals surface area contributed by atoms with Gasteiger partial charge in [-0.2, -0.15) is 0 Å². The Balaban J connectivity index is 2.87. The molecular formula is C11H17ClN4O. The van der Waals surface area contributed by atoms with Crippen molar-refractivity contribution in [2.45, 2.75) is 33.2 Å². The summed E-state index contributed by atoms with van der Waals surface area (Å²) >= 11 is 5.71. The number of rotatable bonds is 3. The fourth-order valence-corrected chi connectivity index (χ4v) is 1.08. The summed E-state index contributed by atoms with van der Waals surface area (Å²) in [7, 11) is 0. The molecule has 0 aliphatic carbocycles. The maximum Gasteiger partial charge on any atom is 0.234 e. The van der Waals surface area contributed by atoms with Crippen molar-refractivity contribution in [2.75, 3.05) is 5.32 Å². The van der Waals surface area contributed by atoms with Gasteiger partial charge in [-0.25, -0.2) is 9.97 Å². The maximum atomic E-state index is 12.1.